The van der Waals surface area contributed by atoms with Crippen molar-refractivity contribution in [3.05, 3.63) is 32.5 Å². The maximum atomic E-state index is 12.7. The normalized spacial score (nSPS) is 11.3. The predicted octanol–water partition coefficient (Wildman–Crippen LogP) is 3.39. The zero-order valence-corrected chi connectivity index (χ0v) is 8.80. The molecule has 0 spiro atoms. The minimum atomic E-state index is -5.09. The molecule has 0 aromatic heterocycles. The fourth-order valence-corrected chi connectivity index (χ4v) is 1.40. The molecular weight excluding hydrogens is 302 g/mol. The largest absolute Gasteiger partial charge is 0.573 e. The molecule has 0 amide bonds. The van der Waals surface area contributed by atoms with Gasteiger partial charge in [-0.3, -0.25) is 10.1 Å². The summed E-state index contributed by atoms with van der Waals surface area (Å²) in [5, 5.41) is 10.4. The average Bonchev–Trinajstić information content (AvgIpc) is 2.07. The second kappa shape index (κ2) is 4.24. The smallest absolute Gasteiger partial charge is 0.397 e. The van der Waals surface area contributed by atoms with Gasteiger partial charge >= 0.3 is 12.0 Å². The predicted molar refractivity (Wildman–Crippen MR) is 47.4 cm³/mol. The van der Waals surface area contributed by atoms with E-state index in [1.54, 1.807) is 0 Å². The van der Waals surface area contributed by atoms with Crippen LogP contribution in [0.15, 0.2) is 16.6 Å². The summed E-state index contributed by atoms with van der Waals surface area (Å²) < 4.78 is 51.4. The lowest BCUT2D eigenvalue weighted by atomic mass is 10.3. The van der Waals surface area contributed by atoms with Gasteiger partial charge in [0.1, 0.15) is 5.82 Å². The summed E-state index contributed by atoms with van der Waals surface area (Å²) in [4.78, 5) is 9.21. The van der Waals surface area contributed by atoms with Gasteiger partial charge in [-0.1, -0.05) is 0 Å². The number of nitrogens with zero attached hydrogens (tertiary/aromatic N) is 1. The van der Waals surface area contributed by atoms with E-state index < -0.39 is 33.0 Å². The third-order valence-electron chi connectivity index (χ3n) is 1.40. The first kappa shape index (κ1) is 12.7. The SMILES string of the molecule is O=[N+]([O-])c1cc(F)cc(Br)c1OC(F)(F)F. The number of alkyl halides is 3. The summed E-state index contributed by atoms with van der Waals surface area (Å²) in [5.41, 5.74) is -1.11. The third kappa shape index (κ3) is 3.05. The van der Waals surface area contributed by atoms with E-state index in [-0.39, 0.29) is 0 Å². The van der Waals surface area contributed by atoms with Crippen LogP contribution in [0.25, 0.3) is 0 Å². The van der Waals surface area contributed by atoms with Crippen molar-refractivity contribution in [3.8, 4) is 5.75 Å². The van der Waals surface area contributed by atoms with E-state index >= 15 is 0 Å². The van der Waals surface area contributed by atoms with Gasteiger partial charge in [-0.15, -0.1) is 13.2 Å². The fraction of sp³-hybridized carbons (Fsp3) is 0.143. The molecule has 16 heavy (non-hydrogen) atoms. The van der Waals surface area contributed by atoms with Crippen LogP contribution in [0.3, 0.4) is 0 Å². The molecule has 0 aliphatic heterocycles. The molecule has 0 fully saturated rings. The Bertz CT molecular complexity index is 434. The lowest BCUT2D eigenvalue weighted by Crippen LogP contribution is -2.18. The van der Waals surface area contributed by atoms with Crippen molar-refractivity contribution in [1.82, 2.24) is 0 Å². The maximum absolute atomic E-state index is 12.7. The summed E-state index contributed by atoms with van der Waals surface area (Å²) in [6, 6.07) is 0.972. The second-order valence-corrected chi connectivity index (χ2v) is 3.40. The molecule has 0 aliphatic rings. The Morgan fingerprint density at radius 1 is 1.38 bits per heavy atom. The van der Waals surface area contributed by atoms with Gasteiger partial charge in [0.2, 0.25) is 5.75 Å². The van der Waals surface area contributed by atoms with Gasteiger partial charge in [-0.2, -0.15) is 0 Å². The monoisotopic (exact) mass is 303 g/mol. The molecule has 0 bridgehead atoms. The molecule has 4 nitrogen and oxygen atoms in total. The van der Waals surface area contributed by atoms with Crippen LogP contribution >= 0.6 is 15.9 Å². The highest BCUT2D eigenvalue weighted by atomic mass is 79.9. The zero-order valence-electron chi connectivity index (χ0n) is 7.22. The first-order valence-electron chi connectivity index (χ1n) is 3.60. The molecule has 1 aromatic rings. The lowest BCUT2D eigenvalue weighted by molar-refractivity contribution is -0.389. The molecule has 0 saturated carbocycles. The topological polar surface area (TPSA) is 52.4 Å². The third-order valence-corrected chi connectivity index (χ3v) is 1.99. The van der Waals surface area contributed by atoms with Gasteiger partial charge in [-0.25, -0.2) is 4.39 Å². The van der Waals surface area contributed by atoms with Gasteiger partial charge in [0, 0.05) is 0 Å². The van der Waals surface area contributed by atoms with Crippen LogP contribution in [0.4, 0.5) is 23.2 Å². The minimum Gasteiger partial charge on any atom is -0.397 e. The second-order valence-electron chi connectivity index (χ2n) is 2.54. The van der Waals surface area contributed by atoms with Crippen LogP contribution < -0.4 is 4.74 Å². The molecule has 0 aliphatic carbocycles. The minimum absolute atomic E-state index is 0.339. The van der Waals surface area contributed by atoms with Crippen LogP contribution in [0.5, 0.6) is 5.75 Å². The van der Waals surface area contributed by atoms with Gasteiger partial charge in [0.25, 0.3) is 0 Å². The van der Waals surface area contributed by atoms with E-state index in [0.29, 0.717) is 12.1 Å². The number of nitro benzene ring substituents is 1. The molecular formula is C7H2BrF4NO3. The molecule has 0 unspecified atom stereocenters. The van der Waals surface area contributed by atoms with E-state index in [4.69, 9.17) is 0 Å². The highest BCUT2D eigenvalue weighted by molar-refractivity contribution is 9.10. The van der Waals surface area contributed by atoms with Crippen molar-refractivity contribution in [3.63, 3.8) is 0 Å². The molecule has 88 valence electrons. The summed E-state index contributed by atoms with van der Waals surface area (Å²) in [6.07, 6.45) is -5.09. The molecule has 1 aromatic carbocycles. The molecule has 0 radical (unpaired) electrons. The number of nitro groups is 1. The van der Waals surface area contributed by atoms with Crippen molar-refractivity contribution in [2.75, 3.05) is 0 Å². The Kier molecular flexibility index (Phi) is 3.36. The van der Waals surface area contributed by atoms with Gasteiger partial charge in [-0.05, 0) is 22.0 Å². The zero-order chi connectivity index (χ0) is 12.5. The van der Waals surface area contributed by atoms with Crippen LogP contribution in [-0.4, -0.2) is 11.3 Å². The Balaban J connectivity index is 3.30. The van der Waals surface area contributed by atoms with Crippen LogP contribution in [0.1, 0.15) is 0 Å². The Morgan fingerprint density at radius 2 is 1.94 bits per heavy atom. The van der Waals surface area contributed by atoms with Gasteiger partial charge in [0.15, 0.2) is 0 Å². The quantitative estimate of drug-likeness (QED) is 0.478. The van der Waals surface area contributed by atoms with Gasteiger partial charge in [0.05, 0.1) is 15.5 Å². The molecule has 9 heteroatoms. The first-order valence-corrected chi connectivity index (χ1v) is 4.39. The fourth-order valence-electron chi connectivity index (χ4n) is 0.899. The molecule has 0 N–H and O–H groups in total. The molecule has 0 atom stereocenters. The average molecular weight is 304 g/mol. The molecule has 0 saturated heterocycles. The summed E-state index contributed by atoms with van der Waals surface area (Å²) in [7, 11) is 0. The molecule has 1 rings (SSSR count). The summed E-state index contributed by atoms with van der Waals surface area (Å²) >= 11 is 2.55. The van der Waals surface area contributed by atoms with E-state index in [0.717, 1.165) is 0 Å². The van der Waals surface area contributed by atoms with E-state index in [1.807, 2.05) is 0 Å². The van der Waals surface area contributed by atoms with E-state index in [1.165, 1.54) is 0 Å². The van der Waals surface area contributed by atoms with Crippen LogP contribution in [0, 0.1) is 15.9 Å². The summed E-state index contributed by atoms with van der Waals surface area (Å²) in [5.74, 6) is -2.13. The summed E-state index contributed by atoms with van der Waals surface area (Å²) in [6.45, 7) is 0. The number of benzene rings is 1. The van der Waals surface area contributed by atoms with Crippen molar-refractivity contribution in [2.24, 2.45) is 0 Å². The maximum Gasteiger partial charge on any atom is 0.573 e. The Hall–Kier alpha value is -1.38. The van der Waals surface area contributed by atoms with Crippen molar-refractivity contribution in [1.29, 1.82) is 0 Å². The van der Waals surface area contributed by atoms with E-state index in [9.17, 15) is 27.7 Å². The number of halogens is 5. The van der Waals surface area contributed by atoms with Crippen molar-refractivity contribution < 1.29 is 27.2 Å². The standard InChI is InChI=1S/C7H2BrF4NO3/c8-4-1-3(9)2-5(13(14)15)6(4)16-7(10,11)12/h1-2H. The number of ether oxygens (including phenoxy) is 1. The lowest BCUT2D eigenvalue weighted by Gasteiger charge is -2.10. The van der Waals surface area contributed by atoms with Crippen molar-refractivity contribution in [2.45, 2.75) is 6.36 Å². The van der Waals surface area contributed by atoms with Crippen LogP contribution in [0.2, 0.25) is 0 Å². The van der Waals surface area contributed by atoms with Crippen LogP contribution in [-0.2, 0) is 0 Å². The number of hydrogen-bond acceptors (Lipinski definition) is 3. The van der Waals surface area contributed by atoms with Gasteiger partial charge < -0.3 is 4.74 Å². The molecule has 0 heterocycles. The highest BCUT2D eigenvalue weighted by Gasteiger charge is 2.36. The highest BCUT2D eigenvalue weighted by Crippen LogP contribution is 2.39. The Morgan fingerprint density at radius 3 is 2.38 bits per heavy atom. The number of rotatable bonds is 2. The number of hydrogen-bond donors (Lipinski definition) is 0. The Labute approximate surface area is 94.1 Å². The van der Waals surface area contributed by atoms with E-state index in [2.05, 4.69) is 20.7 Å². The van der Waals surface area contributed by atoms with Crippen molar-refractivity contribution >= 4 is 21.6 Å². The first-order chi connectivity index (χ1) is 7.20.